The normalized spacial score (nSPS) is 10.4. The quantitative estimate of drug-likeness (QED) is 0.824. The zero-order chi connectivity index (χ0) is 13.7. The van der Waals surface area contributed by atoms with Gasteiger partial charge < -0.3 is 9.30 Å². The summed E-state index contributed by atoms with van der Waals surface area (Å²) in [6.45, 7) is 4.72. The summed E-state index contributed by atoms with van der Waals surface area (Å²) in [5.41, 5.74) is 2.05. The van der Waals surface area contributed by atoms with Gasteiger partial charge in [-0.1, -0.05) is 12.1 Å². The van der Waals surface area contributed by atoms with Gasteiger partial charge in [0.25, 0.3) is 0 Å². The van der Waals surface area contributed by atoms with Crippen molar-refractivity contribution < 1.29 is 4.74 Å². The van der Waals surface area contributed by atoms with E-state index in [0.717, 1.165) is 17.0 Å². The first-order chi connectivity index (χ1) is 9.20. The Balaban J connectivity index is 1.98. The van der Waals surface area contributed by atoms with Crippen LogP contribution in [-0.2, 0) is 13.0 Å². The van der Waals surface area contributed by atoms with Crippen LogP contribution >= 0.6 is 0 Å². The second-order valence-corrected chi connectivity index (χ2v) is 4.65. The van der Waals surface area contributed by atoms with Gasteiger partial charge in [-0.25, -0.2) is 4.98 Å². The van der Waals surface area contributed by atoms with Crippen molar-refractivity contribution in [2.75, 3.05) is 0 Å². The fourth-order valence-electron chi connectivity index (χ4n) is 1.86. The topological polar surface area (TPSA) is 50.8 Å². The van der Waals surface area contributed by atoms with Crippen LogP contribution in [0.25, 0.3) is 0 Å². The third-order valence-corrected chi connectivity index (χ3v) is 2.90. The fraction of sp³-hybridized carbons (Fsp3) is 0.333. The molecular formula is C15H17N3O. The molecule has 1 heterocycles. The lowest BCUT2D eigenvalue weighted by molar-refractivity contribution is 0.292. The molecule has 19 heavy (non-hydrogen) atoms. The molecule has 1 aromatic heterocycles. The van der Waals surface area contributed by atoms with E-state index in [1.54, 1.807) is 0 Å². The molecule has 0 spiro atoms. The van der Waals surface area contributed by atoms with Gasteiger partial charge in [-0.05, 0) is 31.5 Å². The maximum atomic E-state index is 8.61. The van der Waals surface area contributed by atoms with E-state index in [4.69, 9.17) is 10.00 Å². The van der Waals surface area contributed by atoms with Crippen molar-refractivity contribution in [3.05, 3.63) is 48.0 Å². The van der Waals surface area contributed by atoms with Crippen molar-refractivity contribution in [3.8, 4) is 11.8 Å². The van der Waals surface area contributed by atoms with Crippen LogP contribution in [0.4, 0.5) is 0 Å². The van der Waals surface area contributed by atoms with E-state index in [-0.39, 0.29) is 0 Å². The predicted octanol–water partition coefficient (Wildman–Crippen LogP) is 3.11. The third-order valence-electron chi connectivity index (χ3n) is 2.90. The summed E-state index contributed by atoms with van der Waals surface area (Å²) in [5, 5.41) is 8.61. The summed E-state index contributed by atoms with van der Waals surface area (Å²) < 4.78 is 7.82. The maximum absolute atomic E-state index is 8.61. The smallest absolute Gasteiger partial charge is 0.130 e. The molecule has 0 bridgehead atoms. The highest BCUT2D eigenvalue weighted by Gasteiger charge is 2.05. The molecule has 1 aromatic carbocycles. The van der Waals surface area contributed by atoms with Crippen molar-refractivity contribution in [3.63, 3.8) is 0 Å². The minimum Gasteiger partial charge on any atom is -0.487 e. The molecule has 0 saturated carbocycles. The highest BCUT2D eigenvalue weighted by atomic mass is 16.5. The Kier molecular flexibility index (Phi) is 4.19. The zero-order valence-electron chi connectivity index (χ0n) is 11.2. The number of hydrogen-bond donors (Lipinski definition) is 0. The Bertz CT molecular complexity index is 564. The first-order valence-corrected chi connectivity index (χ1v) is 6.30. The van der Waals surface area contributed by atoms with E-state index in [0.29, 0.717) is 19.1 Å². The molecule has 98 valence electrons. The first-order valence-electron chi connectivity index (χ1n) is 6.30. The molecule has 0 aliphatic carbocycles. The van der Waals surface area contributed by atoms with Crippen molar-refractivity contribution in [1.82, 2.24) is 9.55 Å². The molecule has 2 aromatic rings. The molecule has 0 atom stereocenters. The predicted molar refractivity (Wildman–Crippen MR) is 72.7 cm³/mol. The van der Waals surface area contributed by atoms with Gasteiger partial charge in [-0.3, -0.25) is 0 Å². The molecule has 4 heteroatoms. The van der Waals surface area contributed by atoms with Gasteiger partial charge in [0.2, 0.25) is 0 Å². The number of ether oxygens (including phenoxy) is 1. The van der Waals surface area contributed by atoms with Crippen LogP contribution in [0, 0.1) is 11.3 Å². The molecule has 0 fully saturated rings. The van der Waals surface area contributed by atoms with Crippen LogP contribution in [0.1, 0.15) is 31.1 Å². The van der Waals surface area contributed by atoms with Crippen molar-refractivity contribution in [1.29, 1.82) is 5.26 Å². The van der Waals surface area contributed by atoms with Crippen LogP contribution < -0.4 is 4.74 Å². The van der Waals surface area contributed by atoms with Gasteiger partial charge in [0, 0.05) is 6.04 Å². The Morgan fingerprint density at radius 3 is 2.68 bits per heavy atom. The Hall–Kier alpha value is -2.28. The van der Waals surface area contributed by atoms with Gasteiger partial charge in [-0.15, -0.1) is 0 Å². The minimum atomic E-state index is 0.374. The number of nitrogens with zero attached hydrogens (tertiary/aromatic N) is 3. The van der Waals surface area contributed by atoms with Gasteiger partial charge in [0.1, 0.15) is 12.4 Å². The Labute approximate surface area is 113 Å². The molecule has 0 radical (unpaired) electrons. The number of benzene rings is 1. The molecule has 0 amide bonds. The highest BCUT2D eigenvalue weighted by Crippen LogP contribution is 2.16. The summed E-state index contributed by atoms with van der Waals surface area (Å²) in [7, 11) is 0. The second-order valence-electron chi connectivity index (χ2n) is 4.65. The van der Waals surface area contributed by atoms with E-state index in [1.165, 1.54) is 0 Å². The van der Waals surface area contributed by atoms with Gasteiger partial charge in [-0.2, -0.15) is 5.26 Å². The largest absolute Gasteiger partial charge is 0.487 e. The summed E-state index contributed by atoms with van der Waals surface area (Å²) in [6.07, 6.45) is 4.07. The SMILES string of the molecule is CC(C)n1cncc1COc1ccc(CC#N)cc1. The van der Waals surface area contributed by atoms with E-state index < -0.39 is 0 Å². The molecule has 0 aliphatic rings. The summed E-state index contributed by atoms with van der Waals surface area (Å²) in [6, 6.07) is 10.1. The van der Waals surface area contributed by atoms with Crippen molar-refractivity contribution >= 4 is 0 Å². The van der Waals surface area contributed by atoms with Crippen LogP contribution in [-0.4, -0.2) is 9.55 Å². The van der Waals surface area contributed by atoms with E-state index in [2.05, 4.69) is 29.5 Å². The second kappa shape index (κ2) is 6.05. The number of imidazole rings is 1. The van der Waals surface area contributed by atoms with Gasteiger partial charge >= 0.3 is 0 Å². The van der Waals surface area contributed by atoms with Gasteiger partial charge in [0.05, 0.1) is 30.7 Å². The molecular weight excluding hydrogens is 238 g/mol. The third kappa shape index (κ3) is 3.35. The van der Waals surface area contributed by atoms with Crippen LogP contribution in [0.2, 0.25) is 0 Å². The average Bonchev–Trinajstić information content (AvgIpc) is 2.87. The van der Waals surface area contributed by atoms with Crippen molar-refractivity contribution in [2.24, 2.45) is 0 Å². The summed E-state index contributed by atoms with van der Waals surface area (Å²) >= 11 is 0. The summed E-state index contributed by atoms with van der Waals surface area (Å²) in [5.74, 6) is 0.804. The van der Waals surface area contributed by atoms with Crippen LogP contribution in [0.3, 0.4) is 0 Å². The Morgan fingerprint density at radius 2 is 2.05 bits per heavy atom. The minimum absolute atomic E-state index is 0.374. The Morgan fingerprint density at radius 1 is 1.32 bits per heavy atom. The lowest BCUT2D eigenvalue weighted by Crippen LogP contribution is -2.07. The lowest BCUT2D eigenvalue weighted by atomic mass is 10.2. The molecule has 2 rings (SSSR count). The number of hydrogen-bond acceptors (Lipinski definition) is 3. The van der Waals surface area contributed by atoms with Crippen LogP contribution in [0.15, 0.2) is 36.8 Å². The number of aromatic nitrogens is 2. The molecule has 0 saturated heterocycles. The molecule has 0 aliphatic heterocycles. The molecule has 0 N–H and O–H groups in total. The first kappa shape index (κ1) is 13.2. The standard InChI is InChI=1S/C15H17N3O/c1-12(2)18-11-17-9-14(18)10-19-15-5-3-13(4-6-15)7-8-16/h3-6,9,11-12H,7,10H2,1-2H3. The summed E-state index contributed by atoms with van der Waals surface area (Å²) in [4.78, 5) is 4.14. The molecule has 0 unspecified atom stereocenters. The van der Waals surface area contributed by atoms with Gasteiger partial charge in [0.15, 0.2) is 0 Å². The number of rotatable bonds is 5. The average molecular weight is 255 g/mol. The van der Waals surface area contributed by atoms with E-state index in [1.807, 2.05) is 36.8 Å². The zero-order valence-corrected chi connectivity index (χ0v) is 11.2. The van der Waals surface area contributed by atoms with Crippen LogP contribution in [0.5, 0.6) is 5.75 Å². The fourth-order valence-corrected chi connectivity index (χ4v) is 1.86. The number of nitriles is 1. The lowest BCUT2D eigenvalue weighted by Gasteiger charge is -2.12. The monoisotopic (exact) mass is 255 g/mol. The maximum Gasteiger partial charge on any atom is 0.130 e. The van der Waals surface area contributed by atoms with Crippen molar-refractivity contribution in [2.45, 2.75) is 32.9 Å². The highest BCUT2D eigenvalue weighted by molar-refractivity contribution is 5.28. The van der Waals surface area contributed by atoms with E-state index >= 15 is 0 Å². The molecule has 4 nitrogen and oxygen atoms in total. The van der Waals surface area contributed by atoms with E-state index in [9.17, 15) is 0 Å².